The lowest BCUT2D eigenvalue weighted by molar-refractivity contribution is -0.114. The molecule has 0 saturated heterocycles. The smallest absolute Gasteiger partial charge is 0.221 e. The topological polar surface area (TPSA) is 112 Å². The zero-order chi connectivity index (χ0) is 22.1. The van der Waals surface area contributed by atoms with Gasteiger partial charge in [0.1, 0.15) is 11.5 Å². The first-order chi connectivity index (χ1) is 14.8. The van der Waals surface area contributed by atoms with Crippen molar-refractivity contribution in [2.45, 2.75) is 13.8 Å². The lowest BCUT2D eigenvalue weighted by Gasteiger charge is -2.11. The van der Waals surface area contributed by atoms with E-state index in [2.05, 4.69) is 25.8 Å². The summed E-state index contributed by atoms with van der Waals surface area (Å²) >= 11 is 0. The van der Waals surface area contributed by atoms with Crippen LogP contribution in [0.1, 0.15) is 12.5 Å². The van der Waals surface area contributed by atoms with Crippen LogP contribution in [0.2, 0.25) is 0 Å². The highest BCUT2D eigenvalue weighted by molar-refractivity contribution is 5.89. The third kappa shape index (κ3) is 3.82. The number of pyridine rings is 1. The normalized spacial score (nSPS) is 10.8. The van der Waals surface area contributed by atoms with Crippen LogP contribution < -0.4 is 11.1 Å². The van der Waals surface area contributed by atoms with Crippen LogP contribution in [0.5, 0.6) is 0 Å². The third-order valence-electron chi connectivity index (χ3n) is 4.62. The Kier molecular flexibility index (Phi) is 5.12. The third-order valence-corrected chi connectivity index (χ3v) is 4.62. The van der Waals surface area contributed by atoms with Crippen molar-refractivity contribution in [3.8, 4) is 28.2 Å². The number of nitrogens with two attached hydrogens (primary N) is 1. The van der Waals surface area contributed by atoms with Gasteiger partial charge in [0.15, 0.2) is 17.5 Å². The number of carbonyl (C=O) groups excluding carboxylic acids is 1. The van der Waals surface area contributed by atoms with Gasteiger partial charge in [0, 0.05) is 24.4 Å². The second-order valence-corrected chi connectivity index (χ2v) is 6.86. The average molecular weight is 421 g/mol. The van der Waals surface area contributed by atoms with Crippen molar-refractivity contribution in [1.82, 2.24) is 25.2 Å². The number of rotatable bonds is 4. The highest BCUT2D eigenvalue weighted by atomic mass is 19.1. The number of anilines is 2. The second-order valence-electron chi connectivity index (χ2n) is 6.86. The fourth-order valence-corrected chi connectivity index (χ4v) is 3.13. The Morgan fingerprint density at radius 2 is 1.94 bits per heavy atom. The molecule has 4 rings (SSSR count). The molecular formula is C21H17F2N7O. The Bertz CT molecular complexity index is 1300. The molecule has 0 aliphatic rings. The van der Waals surface area contributed by atoms with Crippen molar-refractivity contribution >= 4 is 17.4 Å². The van der Waals surface area contributed by atoms with Crippen molar-refractivity contribution in [2.75, 3.05) is 11.1 Å². The minimum Gasteiger partial charge on any atom is -0.383 e. The van der Waals surface area contributed by atoms with Gasteiger partial charge in [-0.25, -0.2) is 13.8 Å². The van der Waals surface area contributed by atoms with E-state index in [0.29, 0.717) is 16.8 Å². The minimum absolute atomic E-state index is 0.0354. The Balaban J connectivity index is 1.83. The van der Waals surface area contributed by atoms with Gasteiger partial charge in [-0.1, -0.05) is 18.2 Å². The summed E-state index contributed by atoms with van der Waals surface area (Å²) in [5.74, 6) is -1.67. The van der Waals surface area contributed by atoms with E-state index in [9.17, 15) is 13.6 Å². The van der Waals surface area contributed by atoms with Gasteiger partial charge in [0.2, 0.25) is 5.91 Å². The Morgan fingerprint density at radius 3 is 2.71 bits per heavy atom. The summed E-state index contributed by atoms with van der Waals surface area (Å²) in [5.41, 5.74) is 8.18. The Morgan fingerprint density at radius 1 is 1.13 bits per heavy atom. The van der Waals surface area contributed by atoms with Gasteiger partial charge >= 0.3 is 0 Å². The number of carbonyl (C=O) groups is 1. The van der Waals surface area contributed by atoms with Crippen molar-refractivity contribution in [2.24, 2.45) is 0 Å². The lowest BCUT2D eigenvalue weighted by Crippen LogP contribution is -2.08. The SMILES string of the molecule is CC(=O)Nc1cccc(-c2cnc(N)c(-c3nnnn3-c3c(F)ccc(C)c3F)c2)c1. The first-order valence-corrected chi connectivity index (χ1v) is 9.22. The quantitative estimate of drug-likeness (QED) is 0.522. The summed E-state index contributed by atoms with van der Waals surface area (Å²) in [6.45, 7) is 2.93. The first kappa shape index (κ1) is 20.1. The number of halogens is 2. The first-order valence-electron chi connectivity index (χ1n) is 9.22. The molecule has 0 bridgehead atoms. The van der Waals surface area contributed by atoms with Crippen LogP contribution >= 0.6 is 0 Å². The van der Waals surface area contributed by atoms with Gasteiger partial charge in [-0.3, -0.25) is 4.79 Å². The molecule has 0 aliphatic carbocycles. The summed E-state index contributed by atoms with van der Waals surface area (Å²) in [7, 11) is 0. The number of tetrazole rings is 1. The molecule has 2 aromatic carbocycles. The zero-order valence-electron chi connectivity index (χ0n) is 16.6. The standard InChI is InChI=1S/C21H17F2N7O/c1-11-6-7-17(22)19(18(11)23)30-21(27-28-29-30)16-9-14(10-25-20(16)24)13-4-3-5-15(8-13)26-12(2)31/h3-10H,1-2H3,(H2,24,25)(H,26,31). The van der Waals surface area contributed by atoms with Crippen LogP contribution in [0.4, 0.5) is 20.3 Å². The maximum Gasteiger partial charge on any atom is 0.221 e. The van der Waals surface area contributed by atoms with Gasteiger partial charge in [0.05, 0.1) is 5.56 Å². The summed E-state index contributed by atoms with van der Waals surface area (Å²) in [4.78, 5) is 15.5. The van der Waals surface area contributed by atoms with Crippen molar-refractivity contribution in [3.05, 3.63) is 65.9 Å². The second kappa shape index (κ2) is 7.90. The molecule has 3 N–H and O–H groups in total. The Hall–Kier alpha value is -4.21. The number of nitrogen functional groups attached to an aromatic ring is 1. The lowest BCUT2D eigenvalue weighted by atomic mass is 10.0. The number of amides is 1. The van der Waals surface area contributed by atoms with Crippen LogP contribution in [0.3, 0.4) is 0 Å². The van der Waals surface area contributed by atoms with E-state index in [1.54, 1.807) is 30.5 Å². The van der Waals surface area contributed by atoms with Gasteiger partial charge in [-0.05, 0) is 52.7 Å². The highest BCUT2D eigenvalue weighted by Gasteiger charge is 2.22. The summed E-state index contributed by atoms with van der Waals surface area (Å²) in [6, 6.07) is 11.3. The van der Waals surface area contributed by atoms with Crippen LogP contribution in [-0.4, -0.2) is 31.1 Å². The predicted molar refractivity (Wildman–Crippen MR) is 111 cm³/mol. The van der Waals surface area contributed by atoms with E-state index in [0.717, 1.165) is 16.3 Å². The molecule has 0 spiro atoms. The maximum atomic E-state index is 14.7. The zero-order valence-corrected chi connectivity index (χ0v) is 16.6. The summed E-state index contributed by atoms with van der Waals surface area (Å²) in [5, 5.41) is 14.0. The molecule has 156 valence electrons. The molecular weight excluding hydrogens is 404 g/mol. The van der Waals surface area contributed by atoms with Gasteiger partial charge in [-0.2, -0.15) is 4.68 Å². The molecule has 1 amide bonds. The largest absolute Gasteiger partial charge is 0.383 e. The number of hydrogen-bond donors (Lipinski definition) is 2. The fourth-order valence-electron chi connectivity index (χ4n) is 3.13. The summed E-state index contributed by atoms with van der Waals surface area (Å²) < 4.78 is 30.1. The monoisotopic (exact) mass is 421 g/mol. The summed E-state index contributed by atoms with van der Waals surface area (Å²) in [6.07, 6.45) is 1.55. The molecule has 0 fully saturated rings. The molecule has 0 atom stereocenters. The van der Waals surface area contributed by atoms with Crippen LogP contribution in [-0.2, 0) is 4.79 Å². The minimum atomic E-state index is -0.817. The van der Waals surface area contributed by atoms with E-state index in [4.69, 9.17) is 5.73 Å². The molecule has 0 aliphatic heterocycles. The fraction of sp³-hybridized carbons (Fsp3) is 0.0952. The molecule has 2 aromatic heterocycles. The van der Waals surface area contributed by atoms with Gasteiger partial charge < -0.3 is 11.1 Å². The van der Waals surface area contributed by atoms with E-state index in [-0.39, 0.29) is 23.1 Å². The van der Waals surface area contributed by atoms with Crippen LogP contribution in [0, 0.1) is 18.6 Å². The van der Waals surface area contributed by atoms with Crippen molar-refractivity contribution < 1.29 is 13.6 Å². The van der Waals surface area contributed by atoms with Gasteiger partial charge in [-0.15, -0.1) is 5.10 Å². The number of aromatic nitrogens is 5. The number of nitrogens with one attached hydrogen (secondary N) is 1. The molecule has 10 heteroatoms. The van der Waals surface area contributed by atoms with E-state index >= 15 is 0 Å². The van der Waals surface area contributed by atoms with E-state index < -0.39 is 17.3 Å². The van der Waals surface area contributed by atoms with E-state index in [1.165, 1.54) is 19.9 Å². The van der Waals surface area contributed by atoms with Crippen molar-refractivity contribution in [1.29, 1.82) is 0 Å². The predicted octanol–water partition coefficient (Wildman–Crippen LogP) is 3.52. The molecule has 31 heavy (non-hydrogen) atoms. The molecule has 4 aromatic rings. The average Bonchev–Trinajstić information content (AvgIpc) is 3.20. The van der Waals surface area contributed by atoms with Crippen molar-refractivity contribution in [3.63, 3.8) is 0 Å². The van der Waals surface area contributed by atoms with E-state index in [1.807, 2.05) is 6.07 Å². The van der Waals surface area contributed by atoms with Gasteiger partial charge in [0.25, 0.3) is 0 Å². The number of hydrogen-bond acceptors (Lipinski definition) is 6. The highest BCUT2D eigenvalue weighted by Crippen LogP contribution is 2.31. The molecule has 0 radical (unpaired) electrons. The number of benzene rings is 2. The molecule has 2 heterocycles. The molecule has 0 unspecified atom stereocenters. The van der Waals surface area contributed by atoms with Crippen LogP contribution in [0.25, 0.3) is 28.2 Å². The van der Waals surface area contributed by atoms with Crippen LogP contribution in [0.15, 0.2) is 48.7 Å². The maximum absolute atomic E-state index is 14.7. The molecule has 0 saturated carbocycles. The molecule has 8 nitrogen and oxygen atoms in total. The Labute approximate surface area is 175 Å². The number of nitrogens with zero attached hydrogens (tertiary/aromatic N) is 5. The number of aryl methyl sites for hydroxylation is 1.